The van der Waals surface area contributed by atoms with Crippen LogP contribution in [-0.2, 0) is 10.2 Å². The number of carbonyl (C=O) groups excluding carboxylic acids is 1. The minimum absolute atomic E-state index is 0.0195. The molecule has 0 spiro atoms. The molecule has 1 aliphatic heterocycles. The molecule has 1 amide bonds. The van der Waals surface area contributed by atoms with Crippen molar-refractivity contribution >= 4 is 33.4 Å². The molecular formula is C13H20BrN3O2S. The molecule has 112 valence electrons. The summed E-state index contributed by atoms with van der Waals surface area (Å²) < 4.78 is 9.73. The van der Waals surface area contributed by atoms with Crippen LogP contribution in [0, 0.1) is 0 Å². The quantitative estimate of drug-likeness (QED) is 0.759. The van der Waals surface area contributed by atoms with Crippen LogP contribution in [0.25, 0.3) is 0 Å². The molecule has 7 heteroatoms. The monoisotopic (exact) mass is 361 g/mol. The zero-order valence-corrected chi connectivity index (χ0v) is 14.6. The summed E-state index contributed by atoms with van der Waals surface area (Å²) in [6.45, 7) is 9.35. The van der Waals surface area contributed by atoms with Crippen LogP contribution in [0.3, 0.4) is 0 Å². The molecule has 1 aromatic heterocycles. The third-order valence-corrected chi connectivity index (χ3v) is 4.61. The highest BCUT2D eigenvalue weighted by Crippen LogP contribution is 2.27. The number of nitrogens with zero attached hydrogens (tertiary/aromatic N) is 3. The van der Waals surface area contributed by atoms with Crippen LogP contribution in [0.5, 0.6) is 0 Å². The number of morpholine rings is 1. The van der Waals surface area contributed by atoms with Crippen LogP contribution < -0.4 is 0 Å². The van der Waals surface area contributed by atoms with Gasteiger partial charge in [0.15, 0.2) is 0 Å². The highest BCUT2D eigenvalue weighted by atomic mass is 79.9. The van der Waals surface area contributed by atoms with E-state index in [0.717, 1.165) is 11.0 Å². The molecule has 0 bridgehead atoms. The van der Waals surface area contributed by atoms with E-state index in [9.17, 15) is 4.79 Å². The first kappa shape index (κ1) is 15.9. The van der Waals surface area contributed by atoms with Crippen LogP contribution in [0.2, 0.25) is 0 Å². The van der Waals surface area contributed by atoms with E-state index in [0.29, 0.717) is 18.0 Å². The molecule has 1 aliphatic rings. The number of amides is 1. The van der Waals surface area contributed by atoms with Gasteiger partial charge in [-0.05, 0) is 18.5 Å². The predicted octanol–water partition coefficient (Wildman–Crippen LogP) is 2.46. The lowest BCUT2D eigenvalue weighted by molar-refractivity contribution is -0.0559. The summed E-state index contributed by atoms with van der Waals surface area (Å²) in [5.74, 6) is 0.0195. The molecule has 1 saturated heterocycles. The van der Waals surface area contributed by atoms with Crippen LogP contribution in [0.4, 0.5) is 0 Å². The third-order valence-electron chi connectivity index (χ3n) is 3.18. The van der Waals surface area contributed by atoms with Crippen molar-refractivity contribution in [2.75, 3.05) is 18.4 Å². The minimum Gasteiger partial charge on any atom is -0.371 e. The Kier molecular flexibility index (Phi) is 4.81. The topological polar surface area (TPSA) is 55.3 Å². The molecule has 0 aromatic carbocycles. The number of ether oxygens (including phenoxy) is 1. The fourth-order valence-corrected chi connectivity index (χ4v) is 3.46. The fraction of sp³-hybridized carbons (Fsp3) is 0.769. The minimum atomic E-state index is -0.176. The average molecular weight is 362 g/mol. The van der Waals surface area contributed by atoms with Gasteiger partial charge in [-0.25, -0.2) is 0 Å². The Hall–Kier alpha value is -0.530. The summed E-state index contributed by atoms with van der Waals surface area (Å²) in [4.78, 5) is 15.2. The summed E-state index contributed by atoms with van der Waals surface area (Å²) >= 11 is 4.61. The molecule has 0 N–H and O–H groups in total. The van der Waals surface area contributed by atoms with Crippen molar-refractivity contribution in [1.29, 1.82) is 0 Å². The molecule has 1 fully saturated rings. The normalized spacial score (nSPS) is 23.9. The maximum atomic E-state index is 12.7. The Balaban J connectivity index is 2.21. The van der Waals surface area contributed by atoms with Crippen LogP contribution in [0.15, 0.2) is 0 Å². The Labute approximate surface area is 132 Å². The van der Waals surface area contributed by atoms with Crippen molar-refractivity contribution in [3.63, 3.8) is 0 Å². The van der Waals surface area contributed by atoms with Crippen molar-refractivity contribution in [3.05, 3.63) is 10.6 Å². The first-order valence-corrected chi connectivity index (χ1v) is 8.56. The van der Waals surface area contributed by atoms with Gasteiger partial charge in [0.1, 0.15) is 4.88 Å². The first-order valence-electron chi connectivity index (χ1n) is 6.66. The maximum absolute atomic E-state index is 12.7. The SMILES string of the molecule is CC1CN(C(=O)c2snnc2C(C)(C)C)CC(CBr)O1. The zero-order valence-electron chi connectivity index (χ0n) is 12.2. The van der Waals surface area contributed by atoms with Crippen LogP contribution in [-0.4, -0.2) is 51.0 Å². The summed E-state index contributed by atoms with van der Waals surface area (Å²) in [7, 11) is 0. The van der Waals surface area contributed by atoms with Crippen molar-refractivity contribution < 1.29 is 9.53 Å². The summed E-state index contributed by atoms with van der Waals surface area (Å²) in [5, 5.41) is 4.87. The second-order valence-corrected chi connectivity index (χ2v) is 7.54. The lowest BCUT2D eigenvalue weighted by Gasteiger charge is -2.36. The van der Waals surface area contributed by atoms with Gasteiger partial charge < -0.3 is 9.64 Å². The van der Waals surface area contributed by atoms with Crippen molar-refractivity contribution in [2.45, 2.75) is 45.3 Å². The van der Waals surface area contributed by atoms with Gasteiger partial charge in [-0.1, -0.05) is 41.2 Å². The predicted molar refractivity (Wildman–Crippen MR) is 82.6 cm³/mol. The standard InChI is InChI=1S/C13H20BrN3O2S/c1-8-6-17(7-9(5-14)19-8)12(18)10-11(13(2,3)4)15-16-20-10/h8-9H,5-7H2,1-4H3. The molecule has 0 radical (unpaired) electrons. The Morgan fingerprint density at radius 2 is 2.20 bits per heavy atom. The van der Waals surface area contributed by atoms with E-state index in [4.69, 9.17) is 4.74 Å². The van der Waals surface area contributed by atoms with Gasteiger partial charge in [-0.3, -0.25) is 4.79 Å². The number of aromatic nitrogens is 2. The molecule has 5 nitrogen and oxygen atoms in total. The van der Waals surface area contributed by atoms with Gasteiger partial charge in [0.25, 0.3) is 5.91 Å². The molecule has 2 unspecified atom stereocenters. The zero-order chi connectivity index (χ0) is 14.9. The van der Waals surface area contributed by atoms with Gasteiger partial charge in [0.05, 0.1) is 17.9 Å². The largest absolute Gasteiger partial charge is 0.371 e. The number of carbonyl (C=O) groups is 1. The highest BCUT2D eigenvalue weighted by Gasteiger charge is 2.33. The maximum Gasteiger partial charge on any atom is 0.267 e. The van der Waals surface area contributed by atoms with Gasteiger partial charge in [0, 0.05) is 23.8 Å². The van der Waals surface area contributed by atoms with E-state index >= 15 is 0 Å². The Morgan fingerprint density at radius 1 is 1.50 bits per heavy atom. The van der Waals surface area contributed by atoms with E-state index < -0.39 is 0 Å². The summed E-state index contributed by atoms with van der Waals surface area (Å²) in [6, 6.07) is 0. The first-order chi connectivity index (χ1) is 9.32. The lowest BCUT2D eigenvalue weighted by atomic mass is 9.91. The molecule has 1 aromatic rings. The van der Waals surface area contributed by atoms with Crippen molar-refractivity contribution in [1.82, 2.24) is 14.5 Å². The van der Waals surface area contributed by atoms with E-state index in [1.165, 1.54) is 11.5 Å². The molecule has 2 heterocycles. The Bertz CT molecular complexity index is 486. The summed E-state index contributed by atoms with van der Waals surface area (Å²) in [5.41, 5.74) is 0.604. The van der Waals surface area contributed by atoms with Gasteiger partial charge in [-0.15, -0.1) is 5.10 Å². The molecular weight excluding hydrogens is 342 g/mol. The van der Waals surface area contributed by atoms with Gasteiger partial charge in [-0.2, -0.15) is 0 Å². The van der Waals surface area contributed by atoms with Crippen LogP contribution in [0.1, 0.15) is 43.1 Å². The van der Waals surface area contributed by atoms with Crippen molar-refractivity contribution in [2.24, 2.45) is 0 Å². The van der Waals surface area contributed by atoms with Gasteiger partial charge >= 0.3 is 0 Å². The van der Waals surface area contributed by atoms with E-state index in [-0.39, 0.29) is 23.5 Å². The number of alkyl halides is 1. The Morgan fingerprint density at radius 3 is 2.80 bits per heavy atom. The van der Waals surface area contributed by atoms with Gasteiger partial charge in [0.2, 0.25) is 0 Å². The van der Waals surface area contributed by atoms with E-state index in [1.807, 2.05) is 32.6 Å². The molecule has 0 saturated carbocycles. The van der Waals surface area contributed by atoms with E-state index in [2.05, 4.69) is 25.5 Å². The highest BCUT2D eigenvalue weighted by molar-refractivity contribution is 9.09. The fourth-order valence-electron chi connectivity index (χ4n) is 2.26. The average Bonchev–Trinajstić information content (AvgIpc) is 2.86. The number of rotatable bonds is 2. The molecule has 0 aliphatic carbocycles. The molecule has 2 atom stereocenters. The smallest absolute Gasteiger partial charge is 0.267 e. The second-order valence-electron chi connectivity index (χ2n) is 6.13. The number of hydrogen-bond acceptors (Lipinski definition) is 5. The molecule has 20 heavy (non-hydrogen) atoms. The third kappa shape index (κ3) is 3.38. The number of halogens is 1. The van der Waals surface area contributed by atoms with Crippen LogP contribution >= 0.6 is 27.5 Å². The van der Waals surface area contributed by atoms with Crippen molar-refractivity contribution in [3.8, 4) is 0 Å². The number of hydrogen-bond donors (Lipinski definition) is 0. The second kappa shape index (κ2) is 6.07. The lowest BCUT2D eigenvalue weighted by Crippen LogP contribution is -2.49. The summed E-state index contributed by atoms with van der Waals surface area (Å²) in [6.07, 6.45) is 0.0934. The molecule has 2 rings (SSSR count). The van der Waals surface area contributed by atoms with E-state index in [1.54, 1.807) is 0 Å².